The second-order valence-corrected chi connectivity index (χ2v) is 19.9. The number of carbonyl (C=O) groups excluding carboxylic acids is 2. The summed E-state index contributed by atoms with van der Waals surface area (Å²) in [6, 6.07) is 19.6. The van der Waals surface area contributed by atoms with Gasteiger partial charge >= 0.3 is 6.09 Å². The van der Waals surface area contributed by atoms with E-state index in [1.807, 2.05) is 60.4 Å². The highest BCUT2D eigenvalue weighted by atomic mass is 35.5. The Hall–Kier alpha value is -3.88. The Bertz CT molecular complexity index is 1710. The normalized spacial score (nSPS) is 16.5. The number of benzene rings is 3. The number of amides is 2. The zero-order chi connectivity index (χ0) is 37.1. The van der Waals surface area contributed by atoms with Crippen LogP contribution < -0.4 is 10.1 Å². The number of ether oxygens (including phenoxy) is 2. The SMILES string of the molecule is CCOc1cccc(F)c1CN1CCN(C(=O)[C@H](NC(=O)OCc2ccccc2)C2CCN(CCc3cc(Cl)ccc3C#C[Si](C)(C)C)CC2)CC1. The molecule has 1 atom stereocenters. The number of piperidine rings is 1. The molecule has 0 aliphatic carbocycles. The van der Waals surface area contributed by atoms with Crippen molar-refractivity contribution in [1.29, 1.82) is 0 Å². The van der Waals surface area contributed by atoms with Crippen LogP contribution in [0.15, 0.2) is 66.7 Å². The maximum atomic E-state index is 14.8. The molecule has 0 bridgehead atoms. The first-order chi connectivity index (χ1) is 25.0. The lowest BCUT2D eigenvalue weighted by Gasteiger charge is -2.40. The fourth-order valence-corrected chi connectivity index (χ4v) is 7.44. The van der Waals surface area contributed by atoms with E-state index in [2.05, 4.69) is 46.2 Å². The van der Waals surface area contributed by atoms with Crippen molar-refractivity contribution in [2.45, 2.75) is 65.0 Å². The molecule has 0 spiro atoms. The van der Waals surface area contributed by atoms with Crippen molar-refractivity contribution < 1.29 is 23.5 Å². The number of likely N-dealkylation sites (tertiary alicyclic amines) is 1. The molecule has 0 radical (unpaired) electrons. The first kappa shape index (κ1) is 39.3. The van der Waals surface area contributed by atoms with Gasteiger partial charge < -0.3 is 24.6 Å². The second-order valence-electron chi connectivity index (χ2n) is 14.7. The van der Waals surface area contributed by atoms with Crippen LogP contribution in [0.3, 0.4) is 0 Å². The predicted molar refractivity (Wildman–Crippen MR) is 208 cm³/mol. The van der Waals surface area contributed by atoms with Crippen molar-refractivity contribution in [1.82, 2.24) is 20.0 Å². The second kappa shape index (κ2) is 18.7. The Kier molecular flexibility index (Phi) is 14.2. The quantitative estimate of drug-likeness (QED) is 0.159. The molecule has 11 heteroatoms. The van der Waals surface area contributed by atoms with Gasteiger partial charge in [0.1, 0.15) is 32.3 Å². The fourth-order valence-electron chi connectivity index (χ4n) is 6.74. The van der Waals surface area contributed by atoms with Gasteiger partial charge in [-0.1, -0.05) is 73.6 Å². The lowest BCUT2D eigenvalue weighted by Crippen LogP contribution is -2.58. The van der Waals surface area contributed by atoms with E-state index in [4.69, 9.17) is 21.1 Å². The minimum Gasteiger partial charge on any atom is -0.493 e. The molecule has 3 aromatic carbocycles. The van der Waals surface area contributed by atoms with E-state index in [9.17, 15) is 14.0 Å². The number of hydrogen-bond donors (Lipinski definition) is 1. The summed E-state index contributed by atoms with van der Waals surface area (Å²) < 4.78 is 26.0. The van der Waals surface area contributed by atoms with Gasteiger partial charge in [-0.3, -0.25) is 9.69 Å². The van der Waals surface area contributed by atoms with Crippen molar-refractivity contribution >= 4 is 31.7 Å². The zero-order valence-corrected chi connectivity index (χ0v) is 32.7. The summed E-state index contributed by atoms with van der Waals surface area (Å²) in [6.45, 7) is 14.2. The minimum atomic E-state index is -1.53. The Morgan fingerprint density at radius 2 is 1.69 bits per heavy atom. The number of nitrogens with one attached hydrogen (secondary N) is 1. The third kappa shape index (κ3) is 11.6. The van der Waals surface area contributed by atoms with Crippen molar-refractivity contribution in [3.63, 3.8) is 0 Å². The molecule has 2 heterocycles. The molecule has 2 amide bonds. The first-order valence-electron chi connectivity index (χ1n) is 18.4. The maximum Gasteiger partial charge on any atom is 0.408 e. The van der Waals surface area contributed by atoms with E-state index in [1.54, 1.807) is 12.1 Å². The topological polar surface area (TPSA) is 74.3 Å². The molecular formula is C41H52ClFN4O4Si. The van der Waals surface area contributed by atoms with Crippen LogP contribution in [0.4, 0.5) is 9.18 Å². The molecule has 2 aliphatic rings. The van der Waals surface area contributed by atoms with Gasteiger partial charge in [0.2, 0.25) is 5.91 Å². The van der Waals surface area contributed by atoms with Crippen LogP contribution in [0.2, 0.25) is 24.7 Å². The van der Waals surface area contributed by atoms with Crippen LogP contribution in [0.1, 0.15) is 42.0 Å². The lowest BCUT2D eigenvalue weighted by molar-refractivity contribution is -0.137. The molecule has 278 valence electrons. The monoisotopic (exact) mass is 746 g/mol. The van der Waals surface area contributed by atoms with E-state index in [-0.39, 0.29) is 24.2 Å². The van der Waals surface area contributed by atoms with Crippen molar-refractivity contribution in [2.75, 3.05) is 52.4 Å². The summed E-state index contributed by atoms with van der Waals surface area (Å²) in [5.41, 5.74) is 7.07. The van der Waals surface area contributed by atoms with Gasteiger partial charge in [-0.2, -0.15) is 0 Å². The molecule has 2 saturated heterocycles. The third-order valence-corrected chi connectivity index (χ3v) is 10.7. The number of hydrogen-bond acceptors (Lipinski definition) is 6. The predicted octanol–water partition coefficient (Wildman–Crippen LogP) is 7.00. The molecule has 0 aromatic heterocycles. The smallest absolute Gasteiger partial charge is 0.408 e. The largest absolute Gasteiger partial charge is 0.493 e. The van der Waals surface area contributed by atoms with Crippen molar-refractivity contribution in [3.05, 3.63) is 99.8 Å². The number of halogens is 2. The summed E-state index contributed by atoms with van der Waals surface area (Å²) in [5.74, 6) is 3.53. The van der Waals surface area contributed by atoms with Crippen molar-refractivity contribution in [2.24, 2.45) is 5.92 Å². The molecule has 2 aliphatic heterocycles. The zero-order valence-electron chi connectivity index (χ0n) is 30.9. The van der Waals surface area contributed by atoms with E-state index < -0.39 is 20.2 Å². The lowest BCUT2D eigenvalue weighted by atomic mass is 9.88. The van der Waals surface area contributed by atoms with Gasteiger partial charge in [-0.05, 0) is 86.7 Å². The summed E-state index contributed by atoms with van der Waals surface area (Å²) >= 11 is 6.39. The van der Waals surface area contributed by atoms with E-state index in [1.165, 1.54) is 6.07 Å². The van der Waals surface area contributed by atoms with Gasteiger partial charge in [0.15, 0.2) is 0 Å². The molecule has 8 nitrogen and oxygen atoms in total. The summed E-state index contributed by atoms with van der Waals surface area (Å²) in [5, 5.41) is 3.68. The molecular weight excluding hydrogens is 695 g/mol. The first-order valence-corrected chi connectivity index (χ1v) is 22.3. The van der Waals surface area contributed by atoms with Crippen LogP contribution in [0.5, 0.6) is 5.75 Å². The standard InChI is InChI=1S/C41H52ClFN4O4Si/c1-5-50-38-13-9-12-37(43)36(38)29-46-23-25-47(26-24-46)40(48)39(44-41(49)51-30-31-10-7-6-8-11-31)33-16-20-45(21-17-33)22-18-34-28-35(42)15-14-32(34)19-27-52(2,3)4/h6-15,28,33,39H,5,16-18,20-26,29-30H2,1-4H3,(H,44,49)/t39-/m1/s1. The van der Waals surface area contributed by atoms with Gasteiger partial charge in [-0.25, -0.2) is 9.18 Å². The molecule has 0 unspecified atom stereocenters. The maximum absolute atomic E-state index is 14.8. The van der Waals surface area contributed by atoms with E-state index >= 15 is 0 Å². The number of alkyl carbamates (subject to hydrolysis) is 1. The van der Waals surface area contributed by atoms with Gasteiger partial charge in [0, 0.05) is 55.4 Å². The summed E-state index contributed by atoms with van der Waals surface area (Å²) in [7, 11) is -1.53. The molecule has 52 heavy (non-hydrogen) atoms. The number of nitrogens with zero attached hydrogens (tertiary/aromatic N) is 3. The molecule has 2 fully saturated rings. The van der Waals surface area contributed by atoms with Gasteiger partial charge in [0.05, 0.1) is 6.61 Å². The van der Waals surface area contributed by atoms with E-state index in [0.29, 0.717) is 55.7 Å². The Balaban J connectivity index is 1.21. The van der Waals surface area contributed by atoms with E-state index in [0.717, 1.165) is 55.6 Å². The minimum absolute atomic E-state index is 0.0393. The molecule has 3 aromatic rings. The van der Waals surface area contributed by atoms with Crippen LogP contribution >= 0.6 is 11.6 Å². The fraction of sp³-hybridized carbons (Fsp3) is 0.463. The van der Waals surface area contributed by atoms with Crippen LogP contribution in [0, 0.1) is 23.2 Å². The highest BCUT2D eigenvalue weighted by Crippen LogP contribution is 2.26. The Morgan fingerprint density at radius 3 is 2.38 bits per heavy atom. The highest BCUT2D eigenvalue weighted by Gasteiger charge is 2.37. The average molecular weight is 747 g/mol. The molecule has 1 N–H and O–H groups in total. The highest BCUT2D eigenvalue weighted by molar-refractivity contribution is 6.83. The van der Waals surface area contributed by atoms with Crippen LogP contribution in [0.25, 0.3) is 0 Å². The number of rotatable bonds is 12. The van der Waals surface area contributed by atoms with Crippen molar-refractivity contribution in [3.8, 4) is 17.2 Å². The number of piperazine rings is 1. The molecule has 0 saturated carbocycles. The Labute approximate surface area is 314 Å². The summed E-state index contributed by atoms with van der Waals surface area (Å²) in [4.78, 5) is 33.7. The van der Waals surface area contributed by atoms with Gasteiger partial charge in [0.25, 0.3) is 0 Å². The summed E-state index contributed by atoms with van der Waals surface area (Å²) in [6.07, 6.45) is 1.76. The average Bonchev–Trinajstić information content (AvgIpc) is 3.13. The van der Waals surface area contributed by atoms with Crippen LogP contribution in [-0.4, -0.2) is 93.2 Å². The third-order valence-electron chi connectivity index (χ3n) is 9.63. The van der Waals surface area contributed by atoms with Gasteiger partial charge in [-0.15, -0.1) is 5.54 Å². The Morgan fingerprint density at radius 1 is 0.962 bits per heavy atom. The van der Waals surface area contributed by atoms with Crippen LogP contribution in [-0.2, 0) is 29.1 Å². The molecule has 5 rings (SSSR count). The number of carbonyl (C=O) groups is 2.